The van der Waals surface area contributed by atoms with Gasteiger partial charge in [-0.3, -0.25) is 0 Å². The summed E-state index contributed by atoms with van der Waals surface area (Å²) in [4.78, 5) is 0. The zero-order chi connectivity index (χ0) is 13.5. The van der Waals surface area contributed by atoms with Crippen molar-refractivity contribution in [3.63, 3.8) is 0 Å². The molecule has 0 saturated heterocycles. The van der Waals surface area contributed by atoms with Crippen LogP contribution in [0.2, 0.25) is 0 Å². The quantitative estimate of drug-likeness (QED) is 0.756. The Balaban J connectivity index is 2.58. The standard InChI is InChI=1S/C13H13F3N2/c1-8-5-4-6-11(10(8)3)18-9(2)7-12(17-18)13(14,15)16/h4-7H,1-3H3. The molecule has 1 heterocycles. The van der Waals surface area contributed by atoms with Crippen LogP contribution in [0.3, 0.4) is 0 Å². The lowest BCUT2D eigenvalue weighted by molar-refractivity contribution is -0.141. The Morgan fingerprint density at radius 1 is 1.11 bits per heavy atom. The van der Waals surface area contributed by atoms with Gasteiger partial charge in [-0.1, -0.05) is 12.1 Å². The lowest BCUT2D eigenvalue weighted by atomic mass is 10.1. The molecule has 0 aliphatic heterocycles. The van der Waals surface area contributed by atoms with Crippen molar-refractivity contribution in [2.24, 2.45) is 0 Å². The minimum atomic E-state index is -4.41. The minimum absolute atomic E-state index is 0.469. The van der Waals surface area contributed by atoms with E-state index in [-0.39, 0.29) is 0 Å². The van der Waals surface area contributed by atoms with E-state index in [4.69, 9.17) is 0 Å². The van der Waals surface area contributed by atoms with Crippen LogP contribution in [0.1, 0.15) is 22.5 Å². The molecular formula is C13H13F3N2. The summed E-state index contributed by atoms with van der Waals surface area (Å²) in [5.41, 5.74) is 2.24. The van der Waals surface area contributed by atoms with Crippen LogP contribution in [0.5, 0.6) is 0 Å². The summed E-state index contributed by atoms with van der Waals surface area (Å²) in [5.74, 6) is 0. The first-order chi connectivity index (χ1) is 8.30. The summed E-state index contributed by atoms with van der Waals surface area (Å²) >= 11 is 0. The average molecular weight is 254 g/mol. The summed E-state index contributed by atoms with van der Waals surface area (Å²) in [6, 6.07) is 6.55. The number of rotatable bonds is 1. The molecule has 0 aliphatic rings. The normalized spacial score (nSPS) is 11.9. The zero-order valence-corrected chi connectivity index (χ0v) is 10.3. The monoisotopic (exact) mass is 254 g/mol. The summed E-state index contributed by atoms with van der Waals surface area (Å²) in [5, 5.41) is 3.64. The second-order valence-corrected chi connectivity index (χ2v) is 4.30. The Morgan fingerprint density at radius 2 is 1.78 bits per heavy atom. The Hall–Kier alpha value is -1.78. The van der Waals surface area contributed by atoms with Crippen molar-refractivity contribution in [2.75, 3.05) is 0 Å². The van der Waals surface area contributed by atoms with E-state index < -0.39 is 11.9 Å². The molecule has 2 rings (SSSR count). The third-order valence-electron chi connectivity index (χ3n) is 2.98. The van der Waals surface area contributed by atoms with Crippen molar-refractivity contribution < 1.29 is 13.2 Å². The van der Waals surface area contributed by atoms with Gasteiger partial charge in [0.15, 0.2) is 5.69 Å². The first-order valence-corrected chi connectivity index (χ1v) is 5.51. The van der Waals surface area contributed by atoms with Gasteiger partial charge in [-0.05, 0) is 44.0 Å². The van der Waals surface area contributed by atoms with Gasteiger partial charge in [0, 0.05) is 5.69 Å². The van der Waals surface area contributed by atoms with Crippen LogP contribution >= 0.6 is 0 Å². The molecule has 0 saturated carbocycles. The Kier molecular flexibility index (Phi) is 2.92. The maximum atomic E-state index is 12.6. The molecule has 0 atom stereocenters. The molecule has 0 amide bonds. The first kappa shape index (κ1) is 12.7. The lowest BCUT2D eigenvalue weighted by Gasteiger charge is -2.10. The van der Waals surface area contributed by atoms with Crippen LogP contribution < -0.4 is 0 Å². The SMILES string of the molecule is Cc1cccc(-n2nc(C(F)(F)F)cc2C)c1C. The molecule has 0 fully saturated rings. The molecule has 0 aliphatic carbocycles. The molecule has 1 aromatic heterocycles. The van der Waals surface area contributed by atoms with Crippen LogP contribution in [-0.2, 0) is 6.18 Å². The number of hydrogen-bond donors (Lipinski definition) is 0. The van der Waals surface area contributed by atoms with Gasteiger partial charge in [0.25, 0.3) is 0 Å². The van der Waals surface area contributed by atoms with Crippen molar-refractivity contribution in [1.29, 1.82) is 0 Å². The highest BCUT2D eigenvalue weighted by molar-refractivity contribution is 5.45. The fourth-order valence-electron chi connectivity index (χ4n) is 1.82. The van der Waals surface area contributed by atoms with E-state index in [2.05, 4.69) is 5.10 Å². The van der Waals surface area contributed by atoms with Crippen molar-refractivity contribution in [3.8, 4) is 5.69 Å². The molecule has 96 valence electrons. The van der Waals surface area contributed by atoms with Crippen LogP contribution in [0.15, 0.2) is 24.3 Å². The Labute approximate surface area is 103 Å². The van der Waals surface area contributed by atoms with E-state index in [9.17, 15) is 13.2 Å². The highest BCUT2D eigenvalue weighted by Crippen LogP contribution is 2.30. The first-order valence-electron chi connectivity index (χ1n) is 5.51. The number of hydrogen-bond acceptors (Lipinski definition) is 1. The largest absolute Gasteiger partial charge is 0.435 e. The van der Waals surface area contributed by atoms with E-state index in [1.54, 1.807) is 13.0 Å². The smallest absolute Gasteiger partial charge is 0.237 e. The van der Waals surface area contributed by atoms with Crippen molar-refractivity contribution in [3.05, 3.63) is 46.8 Å². The third kappa shape index (κ3) is 2.12. The fraction of sp³-hybridized carbons (Fsp3) is 0.308. The molecular weight excluding hydrogens is 241 g/mol. The third-order valence-corrected chi connectivity index (χ3v) is 2.98. The van der Waals surface area contributed by atoms with Gasteiger partial charge in [0.2, 0.25) is 0 Å². The van der Waals surface area contributed by atoms with Gasteiger partial charge >= 0.3 is 6.18 Å². The maximum absolute atomic E-state index is 12.6. The fourth-order valence-corrected chi connectivity index (χ4v) is 1.82. The van der Waals surface area contributed by atoms with Crippen LogP contribution in [-0.4, -0.2) is 9.78 Å². The summed E-state index contributed by atoms with van der Waals surface area (Å²) < 4.78 is 39.1. The van der Waals surface area contributed by atoms with Gasteiger partial charge in [-0.25, -0.2) is 4.68 Å². The van der Waals surface area contributed by atoms with E-state index in [0.717, 1.165) is 17.2 Å². The highest BCUT2D eigenvalue weighted by atomic mass is 19.4. The van der Waals surface area contributed by atoms with E-state index in [1.165, 1.54) is 4.68 Å². The van der Waals surface area contributed by atoms with E-state index in [1.807, 2.05) is 26.0 Å². The number of aromatic nitrogens is 2. The van der Waals surface area contributed by atoms with Gasteiger partial charge < -0.3 is 0 Å². The number of benzene rings is 1. The molecule has 18 heavy (non-hydrogen) atoms. The second kappa shape index (κ2) is 4.15. The summed E-state index contributed by atoms with van der Waals surface area (Å²) in [6.07, 6.45) is -4.41. The molecule has 1 aromatic carbocycles. The minimum Gasteiger partial charge on any atom is -0.237 e. The van der Waals surface area contributed by atoms with Crippen LogP contribution in [0.25, 0.3) is 5.69 Å². The van der Waals surface area contributed by atoms with Gasteiger partial charge in [0.05, 0.1) is 5.69 Å². The van der Waals surface area contributed by atoms with Crippen molar-refractivity contribution in [2.45, 2.75) is 26.9 Å². The molecule has 5 heteroatoms. The molecule has 0 bridgehead atoms. The highest BCUT2D eigenvalue weighted by Gasteiger charge is 2.34. The predicted octanol–water partition coefficient (Wildman–Crippen LogP) is 3.82. The Bertz CT molecular complexity index is 582. The molecule has 0 spiro atoms. The second-order valence-electron chi connectivity index (χ2n) is 4.30. The predicted molar refractivity (Wildman–Crippen MR) is 62.8 cm³/mol. The van der Waals surface area contributed by atoms with Crippen molar-refractivity contribution >= 4 is 0 Å². The zero-order valence-electron chi connectivity index (χ0n) is 10.3. The van der Waals surface area contributed by atoms with Crippen molar-refractivity contribution in [1.82, 2.24) is 9.78 Å². The lowest BCUT2D eigenvalue weighted by Crippen LogP contribution is -2.08. The van der Waals surface area contributed by atoms with Gasteiger partial charge in [-0.15, -0.1) is 0 Å². The van der Waals surface area contributed by atoms with E-state index >= 15 is 0 Å². The molecule has 0 N–H and O–H groups in total. The number of nitrogens with zero attached hydrogens (tertiary/aromatic N) is 2. The number of halogens is 3. The number of aryl methyl sites for hydroxylation is 2. The molecule has 2 nitrogen and oxygen atoms in total. The Morgan fingerprint density at radius 3 is 2.33 bits per heavy atom. The molecule has 2 aromatic rings. The van der Waals surface area contributed by atoms with E-state index in [0.29, 0.717) is 11.4 Å². The molecule has 0 radical (unpaired) electrons. The maximum Gasteiger partial charge on any atom is 0.435 e. The summed E-state index contributed by atoms with van der Waals surface area (Å²) in [7, 11) is 0. The van der Waals surface area contributed by atoms with Gasteiger partial charge in [0.1, 0.15) is 0 Å². The summed E-state index contributed by atoms with van der Waals surface area (Å²) in [6.45, 7) is 5.41. The van der Waals surface area contributed by atoms with Crippen LogP contribution in [0.4, 0.5) is 13.2 Å². The average Bonchev–Trinajstić information content (AvgIpc) is 2.64. The topological polar surface area (TPSA) is 17.8 Å². The molecule has 0 unspecified atom stereocenters. The van der Waals surface area contributed by atoms with Crippen LogP contribution in [0, 0.1) is 20.8 Å². The number of alkyl halides is 3. The van der Waals surface area contributed by atoms with Gasteiger partial charge in [-0.2, -0.15) is 18.3 Å².